The largest absolute Gasteiger partial charge is 0.330 e. The highest BCUT2D eigenvalue weighted by molar-refractivity contribution is 7.92. The molecule has 0 fully saturated rings. The molecule has 0 saturated heterocycles. The summed E-state index contributed by atoms with van der Waals surface area (Å²) in [5, 5.41) is -0.661. The Morgan fingerprint density at radius 3 is 2.75 bits per heavy atom. The number of hydrogen-bond acceptors (Lipinski definition) is 4. The van der Waals surface area contributed by atoms with Crippen molar-refractivity contribution in [2.24, 2.45) is 0 Å². The van der Waals surface area contributed by atoms with E-state index in [1.54, 1.807) is 0 Å². The number of nitrogens with one attached hydrogen (secondary N) is 2. The molecule has 2 aromatic heterocycles. The zero-order chi connectivity index (χ0) is 11.6. The van der Waals surface area contributed by atoms with Crippen molar-refractivity contribution in [1.29, 1.82) is 0 Å². The Labute approximate surface area is 90.6 Å². The highest BCUT2D eigenvalue weighted by atomic mass is 32.2. The van der Waals surface area contributed by atoms with Crippen LogP contribution in [-0.4, -0.2) is 23.4 Å². The molecule has 0 aliphatic heterocycles. The van der Waals surface area contributed by atoms with Gasteiger partial charge in [0.15, 0.2) is 5.82 Å². The smallest absolute Gasteiger partial charge is 0.284 e. The minimum atomic E-state index is -4.04. The summed E-state index contributed by atoms with van der Waals surface area (Å²) >= 11 is 0. The Kier molecular flexibility index (Phi) is 2.57. The van der Waals surface area contributed by atoms with E-state index in [4.69, 9.17) is 0 Å². The molecule has 0 atom stereocenters. The monoisotopic (exact) mass is 242 g/mol. The van der Waals surface area contributed by atoms with E-state index < -0.39 is 20.9 Å². The molecule has 16 heavy (non-hydrogen) atoms. The minimum Gasteiger partial charge on any atom is -0.330 e. The Hall–Kier alpha value is -1.96. The molecule has 84 valence electrons. The van der Waals surface area contributed by atoms with Gasteiger partial charge in [0, 0.05) is 18.6 Å². The number of pyridine rings is 1. The molecule has 6 nitrogen and oxygen atoms in total. The maximum atomic E-state index is 13.2. The summed E-state index contributed by atoms with van der Waals surface area (Å²) in [7, 11) is -4.04. The first-order valence-electron chi connectivity index (χ1n) is 4.22. The van der Waals surface area contributed by atoms with Gasteiger partial charge in [-0.25, -0.2) is 19.1 Å². The van der Waals surface area contributed by atoms with Crippen molar-refractivity contribution in [3.63, 3.8) is 0 Å². The standard InChI is InChI=1S/C8H7FN4O2S/c9-6-2-1-3-10-7(6)16(14,15)13-8-11-4-5-12-8/h1-5H,(H2,11,12,13). The maximum Gasteiger partial charge on any atom is 0.284 e. The second-order valence-electron chi connectivity index (χ2n) is 2.83. The van der Waals surface area contributed by atoms with Gasteiger partial charge in [0.2, 0.25) is 11.0 Å². The van der Waals surface area contributed by atoms with Crippen LogP contribution in [0.2, 0.25) is 0 Å². The fourth-order valence-corrected chi connectivity index (χ4v) is 2.05. The van der Waals surface area contributed by atoms with E-state index in [2.05, 4.69) is 19.7 Å². The van der Waals surface area contributed by atoms with Crippen LogP contribution in [-0.2, 0) is 10.0 Å². The number of halogens is 1. The van der Waals surface area contributed by atoms with Crippen LogP contribution in [0, 0.1) is 5.82 Å². The van der Waals surface area contributed by atoms with Gasteiger partial charge in [-0.05, 0) is 12.1 Å². The van der Waals surface area contributed by atoms with Gasteiger partial charge in [0.1, 0.15) is 0 Å². The van der Waals surface area contributed by atoms with Crippen LogP contribution in [0.15, 0.2) is 35.7 Å². The van der Waals surface area contributed by atoms with Crippen molar-refractivity contribution in [2.45, 2.75) is 5.03 Å². The number of rotatable bonds is 3. The molecule has 0 spiro atoms. The molecule has 2 aromatic rings. The van der Waals surface area contributed by atoms with Crippen molar-refractivity contribution >= 4 is 16.0 Å². The van der Waals surface area contributed by atoms with Crippen LogP contribution in [0.5, 0.6) is 0 Å². The molecule has 0 saturated carbocycles. The number of sulfonamides is 1. The van der Waals surface area contributed by atoms with Crippen LogP contribution in [0.4, 0.5) is 10.3 Å². The molecular weight excluding hydrogens is 235 g/mol. The maximum absolute atomic E-state index is 13.2. The Balaban J connectivity index is 2.37. The normalized spacial score (nSPS) is 11.3. The molecule has 0 bridgehead atoms. The average Bonchev–Trinajstić information content (AvgIpc) is 2.70. The predicted molar refractivity (Wildman–Crippen MR) is 53.6 cm³/mol. The summed E-state index contributed by atoms with van der Waals surface area (Å²) in [6.07, 6.45) is 4.00. The van der Waals surface area contributed by atoms with Gasteiger partial charge in [-0.15, -0.1) is 0 Å². The topological polar surface area (TPSA) is 87.7 Å². The third-order valence-electron chi connectivity index (χ3n) is 1.71. The van der Waals surface area contributed by atoms with Crippen LogP contribution >= 0.6 is 0 Å². The van der Waals surface area contributed by atoms with Crippen molar-refractivity contribution in [3.05, 3.63) is 36.5 Å². The van der Waals surface area contributed by atoms with E-state index in [1.165, 1.54) is 24.7 Å². The number of imidazole rings is 1. The molecule has 8 heteroatoms. The molecule has 0 unspecified atom stereocenters. The molecule has 2 heterocycles. The van der Waals surface area contributed by atoms with Gasteiger partial charge in [-0.1, -0.05) is 0 Å². The van der Waals surface area contributed by atoms with E-state index >= 15 is 0 Å². The lowest BCUT2D eigenvalue weighted by Crippen LogP contribution is -2.16. The quantitative estimate of drug-likeness (QED) is 0.831. The Bertz CT molecular complexity index is 582. The first-order chi connectivity index (χ1) is 7.59. The lowest BCUT2D eigenvalue weighted by atomic mass is 10.5. The van der Waals surface area contributed by atoms with E-state index in [0.29, 0.717) is 0 Å². The summed E-state index contributed by atoms with van der Waals surface area (Å²) < 4.78 is 38.6. The number of anilines is 1. The molecule has 0 aromatic carbocycles. The summed E-state index contributed by atoms with van der Waals surface area (Å²) in [5.41, 5.74) is 0. The molecule has 2 N–H and O–H groups in total. The second-order valence-corrected chi connectivity index (χ2v) is 4.43. The number of nitrogens with zero attached hydrogens (tertiary/aromatic N) is 2. The lowest BCUT2D eigenvalue weighted by Gasteiger charge is -2.04. The van der Waals surface area contributed by atoms with E-state index in [1.807, 2.05) is 0 Å². The third kappa shape index (κ3) is 2.01. The number of aromatic nitrogens is 3. The first-order valence-corrected chi connectivity index (χ1v) is 5.70. The fourth-order valence-electron chi connectivity index (χ4n) is 1.07. The Morgan fingerprint density at radius 2 is 2.12 bits per heavy atom. The summed E-state index contributed by atoms with van der Waals surface area (Å²) in [5.74, 6) is -0.911. The number of hydrogen-bond donors (Lipinski definition) is 2. The Morgan fingerprint density at radius 1 is 1.31 bits per heavy atom. The van der Waals surface area contributed by atoms with E-state index in [-0.39, 0.29) is 5.95 Å². The SMILES string of the molecule is O=S(=O)(Nc1ncc[nH]1)c1ncccc1F. The molecule has 0 aliphatic carbocycles. The van der Waals surface area contributed by atoms with Gasteiger partial charge < -0.3 is 4.98 Å². The third-order valence-corrected chi connectivity index (χ3v) is 2.98. The van der Waals surface area contributed by atoms with Crippen LogP contribution < -0.4 is 4.72 Å². The van der Waals surface area contributed by atoms with Crippen molar-refractivity contribution in [1.82, 2.24) is 15.0 Å². The highest BCUT2D eigenvalue weighted by Crippen LogP contribution is 2.13. The molecule has 2 rings (SSSR count). The van der Waals surface area contributed by atoms with Crippen molar-refractivity contribution < 1.29 is 12.8 Å². The average molecular weight is 242 g/mol. The van der Waals surface area contributed by atoms with Crippen LogP contribution in [0.25, 0.3) is 0 Å². The van der Waals surface area contributed by atoms with Crippen molar-refractivity contribution in [2.75, 3.05) is 4.72 Å². The van der Waals surface area contributed by atoms with E-state index in [9.17, 15) is 12.8 Å². The van der Waals surface area contributed by atoms with Gasteiger partial charge in [-0.3, -0.25) is 0 Å². The van der Waals surface area contributed by atoms with Crippen molar-refractivity contribution in [3.8, 4) is 0 Å². The first kappa shape index (κ1) is 10.6. The lowest BCUT2D eigenvalue weighted by molar-refractivity contribution is 0.556. The minimum absolute atomic E-state index is 0.00468. The van der Waals surface area contributed by atoms with Gasteiger partial charge >= 0.3 is 0 Å². The van der Waals surface area contributed by atoms with Gasteiger partial charge in [0.25, 0.3) is 10.0 Å². The summed E-state index contributed by atoms with van der Waals surface area (Å²) in [6, 6.07) is 2.32. The molecular formula is C8H7FN4O2S. The predicted octanol–water partition coefficient (Wildman–Crippen LogP) is 0.745. The molecule has 0 radical (unpaired) electrons. The molecule has 0 aliphatic rings. The van der Waals surface area contributed by atoms with Gasteiger partial charge in [0.05, 0.1) is 0 Å². The summed E-state index contributed by atoms with van der Waals surface area (Å²) in [6.45, 7) is 0. The zero-order valence-electron chi connectivity index (χ0n) is 7.88. The number of aromatic amines is 1. The molecule has 0 amide bonds. The number of H-pyrrole nitrogens is 1. The zero-order valence-corrected chi connectivity index (χ0v) is 8.70. The van der Waals surface area contributed by atoms with Crippen LogP contribution in [0.3, 0.4) is 0 Å². The van der Waals surface area contributed by atoms with Crippen LogP contribution in [0.1, 0.15) is 0 Å². The highest BCUT2D eigenvalue weighted by Gasteiger charge is 2.21. The fraction of sp³-hybridized carbons (Fsp3) is 0. The summed E-state index contributed by atoms with van der Waals surface area (Å²) in [4.78, 5) is 9.65. The van der Waals surface area contributed by atoms with Gasteiger partial charge in [-0.2, -0.15) is 8.42 Å². The van der Waals surface area contributed by atoms with E-state index in [0.717, 1.165) is 6.07 Å². The second kappa shape index (κ2) is 3.89.